The number of aliphatic hydroxyl groups is 3. The number of fused-ring (bicyclic) bond motifs is 3. The fraction of sp³-hybridized carbons (Fsp3) is 0.750. The van der Waals surface area contributed by atoms with E-state index in [9.17, 15) is 24.9 Å². The summed E-state index contributed by atoms with van der Waals surface area (Å²) in [6.45, 7) is 7.58. The lowest BCUT2D eigenvalue weighted by Crippen LogP contribution is -2.65. The second kappa shape index (κ2) is 6.05. The van der Waals surface area contributed by atoms with Crippen LogP contribution in [0.25, 0.3) is 0 Å². The maximum atomic E-state index is 14.1. The highest BCUT2D eigenvalue weighted by atomic mass is 16.6. The van der Waals surface area contributed by atoms with E-state index in [1.807, 2.05) is 6.92 Å². The van der Waals surface area contributed by atoms with E-state index >= 15 is 0 Å². The van der Waals surface area contributed by atoms with Gasteiger partial charge < -0.3 is 20.1 Å². The van der Waals surface area contributed by atoms with Crippen molar-refractivity contribution in [1.82, 2.24) is 0 Å². The number of hydrogen-bond donors (Lipinski definition) is 3. The van der Waals surface area contributed by atoms with Crippen LogP contribution in [0.4, 0.5) is 0 Å². The molecule has 0 heterocycles. The van der Waals surface area contributed by atoms with Crippen molar-refractivity contribution in [1.29, 1.82) is 0 Å². The van der Waals surface area contributed by atoms with E-state index in [1.165, 1.54) is 0 Å². The monoisotopic (exact) mass is 416 g/mol. The molecule has 0 aromatic carbocycles. The summed E-state index contributed by atoms with van der Waals surface area (Å²) in [4.78, 5) is 26.7. The smallest absolute Gasteiger partial charge is 0.309 e. The zero-order chi connectivity index (χ0) is 21.8. The van der Waals surface area contributed by atoms with Gasteiger partial charge in [0.2, 0.25) is 0 Å². The molecule has 0 saturated heterocycles. The molecule has 164 valence electrons. The molecule has 3 saturated carbocycles. The molecule has 2 bridgehead atoms. The molecule has 1 spiro atoms. The number of Topliss-reactive ketones (excluding diaryl/α,β-unsaturated/α-hetero) is 1. The number of carbonyl (C=O) groups excluding carboxylic acids is 2. The van der Waals surface area contributed by atoms with Crippen molar-refractivity contribution in [3.8, 4) is 0 Å². The summed E-state index contributed by atoms with van der Waals surface area (Å²) < 4.78 is 5.76. The lowest BCUT2D eigenvalue weighted by atomic mass is 9.59. The van der Waals surface area contributed by atoms with Gasteiger partial charge in [-0.3, -0.25) is 9.59 Å². The number of allylic oxidation sites excluding steroid dienone is 1. The molecule has 5 aliphatic carbocycles. The van der Waals surface area contributed by atoms with Gasteiger partial charge in [-0.2, -0.15) is 0 Å². The van der Waals surface area contributed by atoms with Crippen LogP contribution >= 0.6 is 0 Å². The van der Waals surface area contributed by atoms with Gasteiger partial charge in [-0.25, -0.2) is 0 Å². The standard InChI is InChI=1S/C24H32O6/c1-11-9-23-12(2)7-16-17(22(16,3)4)15(19(23)27)8-14(10-25)18(26)24(23,29)20(11)30-21(28)13-5-6-13/h8-9,12-13,15-18,20,25-26,29H,5-7,10H2,1-4H3/t12-,15+,16-,17+,18-,20+,23-,24+/m1/s1. The molecule has 8 atom stereocenters. The Morgan fingerprint density at radius 1 is 1.30 bits per heavy atom. The predicted molar refractivity (Wildman–Crippen MR) is 108 cm³/mol. The summed E-state index contributed by atoms with van der Waals surface area (Å²) in [6, 6.07) is 0. The van der Waals surface area contributed by atoms with Gasteiger partial charge in [0.1, 0.15) is 6.10 Å². The van der Waals surface area contributed by atoms with Crippen molar-refractivity contribution in [2.75, 3.05) is 6.61 Å². The maximum absolute atomic E-state index is 14.1. The van der Waals surface area contributed by atoms with Gasteiger partial charge in [-0.15, -0.1) is 0 Å². The highest BCUT2D eigenvalue weighted by molar-refractivity contribution is 5.95. The molecule has 30 heavy (non-hydrogen) atoms. The number of hydrogen-bond acceptors (Lipinski definition) is 6. The summed E-state index contributed by atoms with van der Waals surface area (Å²) >= 11 is 0. The van der Waals surface area contributed by atoms with Gasteiger partial charge in [0, 0.05) is 5.92 Å². The first-order valence-electron chi connectivity index (χ1n) is 11.2. The topological polar surface area (TPSA) is 104 Å². The summed E-state index contributed by atoms with van der Waals surface area (Å²) in [5.41, 5.74) is -2.55. The van der Waals surface area contributed by atoms with Gasteiger partial charge in [-0.1, -0.05) is 32.9 Å². The number of ether oxygens (including phenoxy) is 1. The number of carbonyl (C=O) groups is 2. The summed E-state index contributed by atoms with van der Waals surface area (Å²) in [5, 5.41) is 33.6. The quantitative estimate of drug-likeness (QED) is 0.479. The summed E-state index contributed by atoms with van der Waals surface area (Å²) in [6.07, 6.45) is 3.14. The molecule has 0 aliphatic heterocycles. The average molecular weight is 417 g/mol. The van der Waals surface area contributed by atoms with E-state index in [0.717, 1.165) is 19.3 Å². The zero-order valence-electron chi connectivity index (χ0n) is 18.1. The SMILES string of the molecule is CC1=C[C@@]23C(=O)[C@@H](C=C(CO)[C@@H](O)[C@]2(O)[C@H]1OC(=O)C1CC1)[C@H]1[C@@H](C[C@H]3C)C1(C)C. The summed E-state index contributed by atoms with van der Waals surface area (Å²) in [7, 11) is 0. The molecular weight excluding hydrogens is 384 g/mol. The van der Waals surface area contributed by atoms with Crippen LogP contribution in [0.15, 0.2) is 23.3 Å². The van der Waals surface area contributed by atoms with E-state index in [-0.39, 0.29) is 34.5 Å². The minimum Gasteiger partial charge on any atom is -0.454 e. The molecule has 0 radical (unpaired) electrons. The van der Waals surface area contributed by atoms with Gasteiger partial charge >= 0.3 is 5.97 Å². The highest BCUT2D eigenvalue weighted by Crippen LogP contribution is 2.71. The van der Waals surface area contributed by atoms with Crippen LogP contribution < -0.4 is 0 Å². The first kappa shape index (κ1) is 20.4. The van der Waals surface area contributed by atoms with E-state index in [2.05, 4.69) is 13.8 Å². The number of esters is 1. The Morgan fingerprint density at radius 2 is 1.97 bits per heavy atom. The summed E-state index contributed by atoms with van der Waals surface area (Å²) in [5.74, 6) is -0.960. The van der Waals surface area contributed by atoms with Gasteiger partial charge in [0.25, 0.3) is 0 Å². The van der Waals surface area contributed by atoms with Crippen LogP contribution in [0, 0.1) is 40.4 Å². The van der Waals surface area contributed by atoms with Crippen molar-refractivity contribution in [3.05, 3.63) is 23.3 Å². The van der Waals surface area contributed by atoms with E-state index in [4.69, 9.17) is 4.74 Å². The molecule has 0 aromatic rings. The minimum absolute atomic E-state index is 0.00409. The van der Waals surface area contributed by atoms with Crippen LogP contribution in [0.5, 0.6) is 0 Å². The Morgan fingerprint density at radius 3 is 2.57 bits per heavy atom. The third-order valence-corrected chi connectivity index (χ3v) is 9.04. The number of rotatable bonds is 3. The third-order valence-electron chi connectivity index (χ3n) is 9.04. The molecular formula is C24H32O6. The van der Waals surface area contributed by atoms with E-state index in [0.29, 0.717) is 11.5 Å². The van der Waals surface area contributed by atoms with Gasteiger partial charge in [0.05, 0.1) is 17.9 Å². The van der Waals surface area contributed by atoms with Crippen LogP contribution in [0.1, 0.15) is 47.0 Å². The van der Waals surface area contributed by atoms with Gasteiger partial charge in [0.15, 0.2) is 17.5 Å². The van der Waals surface area contributed by atoms with Crippen molar-refractivity contribution in [2.45, 2.75) is 64.8 Å². The lowest BCUT2D eigenvalue weighted by Gasteiger charge is -2.48. The molecule has 0 unspecified atom stereocenters. The van der Waals surface area contributed by atoms with Crippen molar-refractivity contribution >= 4 is 11.8 Å². The second-order valence-corrected chi connectivity index (χ2v) is 11.0. The molecule has 0 aromatic heterocycles. The fourth-order valence-electron chi connectivity index (χ4n) is 7.13. The lowest BCUT2D eigenvalue weighted by molar-refractivity contribution is -0.204. The molecule has 6 heteroatoms. The first-order chi connectivity index (χ1) is 14.0. The van der Waals surface area contributed by atoms with Crippen molar-refractivity contribution in [3.63, 3.8) is 0 Å². The highest BCUT2D eigenvalue weighted by Gasteiger charge is 2.76. The third kappa shape index (κ3) is 2.25. The number of ketones is 1. The van der Waals surface area contributed by atoms with E-state index < -0.39 is 41.7 Å². The Kier molecular flexibility index (Phi) is 4.11. The molecule has 5 aliphatic rings. The van der Waals surface area contributed by atoms with Crippen LogP contribution in [0.2, 0.25) is 0 Å². The van der Waals surface area contributed by atoms with Crippen LogP contribution in [0.3, 0.4) is 0 Å². The van der Waals surface area contributed by atoms with Crippen molar-refractivity contribution < 1.29 is 29.6 Å². The first-order valence-corrected chi connectivity index (χ1v) is 11.2. The molecule has 3 N–H and O–H groups in total. The van der Waals surface area contributed by atoms with E-state index in [1.54, 1.807) is 19.1 Å². The Labute approximate surface area is 177 Å². The van der Waals surface area contributed by atoms with Gasteiger partial charge in [-0.05, 0) is 60.5 Å². The Balaban J connectivity index is 1.68. The maximum Gasteiger partial charge on any atom is 0.309 e. The molecule has 0 amide bonds. The van der Waals surface area contributed by atoms with Crippen LogP contribution in [-0.4, -0.2) is 51.5 Å². The second-order valence-electron chi connectivity index (χ2n) is 11.0. The Bertz CT molecular complexity index is 882. The minimum atomic E-state index is -2.03. The molecule has 5 rings (SSSR count). The molecule has 3 fully saturated rings. The molecule has 6 nitrogen and oxygen atoms in total. The average Bonchev–Trinajstić information content (AvgIpc) is 3.59. The fourth-order valence-corrected chi connectivity index (χ4v) is 7.13. The predicted octanol–water partition coefficient (Wildman–Crippen LogP) is 1.78. The largest absolute Gasteiger partial charge is 0.454 e. The zero-order valence-corrected chi connectivity index (χ0v) is 18.1. The van der Waals surface area contributed by atoms with Crippen LogP contribution in [-0.2, 0) is 14.3 Å². The van der Waals surface area contributed by atoms with Crippen molar-refractivity contribution in [2.24, 2.45) is 40.4 Å². The normalized spacial score (nSPS) is 48.6. The Hall–Kier alpha value is -1.50. The number of aliphatic hydroxyl groups excluding tert-OH is 2.